The molecule has 20 heavy (non-hydrogen) atoms. The first kappa shape index (κ1) is 16.6. The van der Waals surface area contributed by atoms with E-state index in [0.29, 0.717) is 0 Å². The third kappa shape index (κ3) is 4.29. The molecule has 0 heterocycles. The Morgan fingerprint density at radius 1 is 1.25 bits per heavy atom. The summed E-state index contributed by atoms with van der Waals surface area (Å²) in [5.41, 5.74) is 0.996. The molecule has 0 bridgehead atoms. The summed E-state index contributed by atoms with van der Waals surface area (Å²) in [4.78, 5) is 12.9. The number of amides is 1. The van der Waals surface area contributed by atoms with Crippen molar-refractivity contribution in [2.75, 3.05) is 27.7 Å². The van der Waals surface area contributed by atoms with E-state index < -0.39 is 10.0 Å². The lowest BCUT2D eigenvalue weighted by Gasteiger charge is -2.13. The van der Waals surface area contributed by atoms with Gasteiger partial charge < -0.3 is 10.2 Å². The molecule has 112 valence electrons. The van der Waals surface area contributed by atoms with Crippen LogP contribution in [0.4, 0.5) is 0 Å². The van der Waals surface area contributed by atoms with Crippen molar-refractivity contribution in [3.8, 4) is 0 Å². The molecule has 1 amide bonds. The molecular formula is C13H21N3O3S. The molecule has 1 unspecified atom stereocenters. The molecule has 1 aromatic carbocycles. The van der Waals surface area contributed by atoms with E-state index in [-0.39, 0.29) is 23.4 Å². The molecule has 7 heteroatoms. The van der Waals surface area contributed by atoms with Crippen molar-refractivity contribution >= 4 is 15.9 Å². The van der Waals surface area contributed by atoms with Gasteiger partial charge in [0.05, 0.1) is 11.4 Å². The first-order valence-electron chi connectivity index (χ1n) is 6.25. The maximum atomic E-state index is 12.0. The Bertz CT molecular complexity index is 553. The summed E-state index contributed by atoms with van der Waals surface area (Å²) in [6.07, 6.45) is 0. The summed E-state index contributed by atoms with van der Waals surface area (Å²) in [6.45, 7) is 1.74. The lowest BCUT2D eigenvalue weighted by atomic mass is 10.1. The highest BCUT2D eigenvalue weighted by Gasteiger charge is 2.16. The summed E-state index contributed by atoms with van der Waals surface area (Å²) in [6, 6.07) is 6.72. The van der Waals surface area contributed by atoms with Crippen LogP contribution in [0.3, 0.4) is 0 Å². The van der Waals surface area contributed by atoms with Crippen LogP contribution in [-0.4, -0.2) is 46.9 Å². The zero-order chi connectivity index (χ0) is 15.3. The van der Waals surface area contributed by atoms with Gasteiger partial charge in [-0.15, -0.1) is 0 Å². The second kappa shape index (κ2) is 6.83. The highest BCUT2D eigenvalue weighted by molar-refractivity contribution is 7.89. The number of carbonyl (C=O) groups is 1. The fourth-order valence-electron chi connectivity index (χ4n) is 1.50. The molecule has 0 aromatic heterocycles. The predicted octanol–water partition coefficient (Wildman–Crippen LogP) is 0.334. The van der Waals surface area contributed by atoms with Crippen LogP contribution >= 0.6 is 0 Å². The Labute approximate surface area is 120 Å². The van der Waals surface area contributed by atoms with Gasteiger partial charge in [0, 0.05) is 20.1 Å². The number of rotatable bonds is 6. The fraction of sp³-hybridized carbons (Fsp3) is 0.462. The van der Waals surface area contributed by atoms with Crippen LogP contribution in [0.5, 0.6) is 0 Å². The number of likely N-dealkylation sites (N-methyl/N-ethyl adjacent to an activating group) is 1. The van der Waals surface area contributed by atoms with Crippen molar-refractivity contribution in [1.82, 2.24) is 14.9 Å². The van der Waals surface area contributed by atoms with E-state index in [9.17, 15) is 13.2 Å². The maximum absolute atomic E-state index is 12.0. The standard InChI is InChI=1S/C13H21N3O3S/c1-10(14-2)11-5-7-12(8-6-11)20(18,19)15-9-13(17)16(3)4/h5-8,10,14-15H,9H2,1-4H3. The van der Waals surface area contributed by atoms with Crippen LogP contribution in [0.1, 0.15) is 18.5 Å². The lowest BCUT2D eigenvalue weighted by Crippen LogP contribution is -2.36. The average molecular weight is 299 g/mol. The van der Waals surface area contributed by atoms with Crippen LogP contribution in [0.15, 0.2) is 29.2 Å². The molecule has 0 aliphatic carbocycles. The van der Waals surface area contributed by atoms with Crippen molar-refractivity contribution in [2.24, 2.45) is 0 Å². The van der Waals surface area contributed by atoms with E-state index in [4.69, 9.17) is 0 Å². The van der Waals surface area contributed by atoms with Gasteiger partial charge in [-0.05, 0) is 31.7 Å². The zero-order valence-electron chi connectivity index (χ0n) is 12.2. The van der Waals surface area contributed by atoms with Crippen molar-refractivity contribution in [2.45, 2.75) is 17.9 Å². The summed E-state index contributed by atoms with van der Waals surface area (Å²) < 4.78 is 26.3. The Hall–Kier alpha value is -1.44. The summed E-state index contributed by atoms with van der Waals surface area (Å²) >= 11 is 0. The van der Waals surface area contributed by atoms with Crippen molar-refractivity contribution < 1.29 is 13.2 Å². The minimum absolute atomic E-state index is 0.148. The molecule has 2 N–H and O–H groups in total. The number of sulfonamides is 1. The van der Waals surface area contributed by atoms with E-state index >= 15 is 0 Å². The smallest absolute Gasteiger partial charge is 0.241 e. The van der Waals surface area contributed by atoms with Crippen LogP contribution in [-0.2, 0) is 14.8 Å². The number of nitrogens with zero attached hydrogens (tertiary/aromatic N) is 1. The van der Waals surface area contributed by atoms with Crippen LogP contribution < -0.4 is 10.0 Å². The molecule has 1 rings (SSSR count). The van der Waals surface area contributed by atoms with Gasteiger partial charge in [-0.25, -0.2) is 13.1 Å². The van der Waals surface area contributed by atoms with Gasteiger partial charge in [0.2, 0.25) is 15.9 Å². The maximum Gasteiger partial charge on any atom is 0.241 e. The Balaban J connectivity index is 2.80. The van der Waals surface area contributed by atoms with Crippen molar-refractivity contribution in [3.05, 3.63) is 29.8 Å². The SMILES string of the molecule is CNC(C)c1ccc(S(=O)(=O)NCC(=O)N(C)C)cc1. The Morgan fingerprint density at radius 2 is 1.80 bits per heavy atom. The third-order valence-electron chi connectivity index (χ3n) is 3.04. The number of hydrogen-bond acceptors (Lipinski definition) is 4. The largest absolute Gasteiger partial charge is 0.348 e. The van der Waals surface area contributed by atoms with E-state index in [2.05, 4.69) is 10.0 Å². The highest BCUT2D eigenvalue weighted by Crippen LogP contribution is 2.15. The highest BCUT2D eigenvalue weighted by atomic mass is 32.2. The second-order valence-corrected chi connectivity index (χ2v) is 6.46. The number of nitrogens with one attached hydrogen (secondary N) is 2. The Morgan fingerprint density at radius 3 is 2.25 bits per heavy atom. The lowest BCUT2D eigenvalue weighted by molar-refractivity contribution is -0.127. The topological polar surface area (TPSA) is 78.5 Å². The monoisotopic (exact) mass is 299 g/mol. The van der Waals surface area contributed by atoms with Crippen molar-refractivity contribution in [3.63, 3.8) is 0 Å². The molecule has 1 atom stereocenters. The molecule has 0 saturated carbocycles. The van der Waals surface area contributed by atoms with Gasteiger partial charge in [0.25, 0.3) is 0 Å². The van der Waals surface area contributed by atoms with E-state index in [0.717, 1.165) is 5.56 Å². The number of benzene rings is 1. The molecular weight excluding hydrogens is 278 g/mol. The fourth-order valence-corrected chi connectivity index (χ4v) is 2.48. The van der Waals surface area contributed by atoms with Crippen molar-refractivity contribution in [1.29, 1.82) is 0 Å². The summed E-state index contributed by atoms with van der Waals surface area (Å²) in [5, 5.41) is 3.08. The number of carbonyl (C=O) groups excluding carboxylic acids is 1. The van der Waals surface area contributed by atoms with Gasteiger partial charge >= 0.3 is 0 Å². The predicted molar refractivity (Wildman–Crippen MR) is 77.8 cm³/mol. The molecule has 0 aliphatic rings. The minimum Gasteiger partial charge on any atom is -0.348 e. The molecule has 0 saturated heterocycles. The van der Waals surface area contributed by atoms with E-state index in [1.807, 2.05) is 14.0 Å². The van der Waals surface area contributed by atoms with E-state index in [1.54, 1.807) is 26.2 Å². The molecule has 1 aromatic rings. The van der Waals surface area contributed by atoms with Gasteiger partial charge in [0.15, 0.2) is 0 Å². The molecule has 0 spiro atoms. The summed E-state index contributed by atoms with van der Waals surface area (Å²) in [7, 11) is 1.33. The molecule has 0 radical (unpaired) electrons. The van der Waals surface area contributed by atoms with Gasteiger partial charge in [-0.2, -0.15) is 0 Å². The first-order valence-corrected chi connectivity index (χ1v) is 7.73. The van der Waals surface area contributed by atoms with Crippen LogP contribution in [0.25, 0.3) is 0 Å². The third-order valence-corrected chi connectivity index (χ3v) is 4.45. The number of hydrogen-bond donors (Lipinski definition) is 2. The zero-order valence-corrected chi connectivity index (χ0v) is 13.0. The van der Waals surface area contributed by atoms with E-state index in [1.165, 1.54) is 17.0 Å². The minimum atomic E-state index is -3.66. The second-order valence-electron chi connectivity index (χ2n) is 4.69. The molecule has 0 fully saturated rings. The van der Waals surface area contributed by atoms with Gasteiger partial charge in [-0.3, -0.25) is 4.79 Å². The normalized spacial score (nSPS) is 13.0. The average Bonchev–Trinajstić information content (AvgIpc) is 2.44. The quantitative estimate of drug-likeness (QED) is 0.793. The van der Waals surface area contributed by atoms with Gasteiger partial charge in [-0.1, -0.05) is 12.1 Å². The molecule has 0 aliphatic heterocycles. The van der Waals surface area contributed by atoms with Gasteiger partial charge in [0.1, 0.15) is 0 Å². The van der Waals surface area contributed by atoms with Crippen LogP contribution in [0.2, 0.25) is 0 Å². The Kier molecular flexibility index (Phi) is 5.67. The van der Waals surface area contributed by atoms with Crippen LogP contribution in [0, 0.1) is 0 Å². The molecule has 6 nitrogen and oxygen atoms in total. The summed E-state index contributed by atoms with van der Waals surface area (Å²) in [5.74, 6) is -0.297. The first-order chi connectivity index (χ1) is 9.27.